The maximum Gasteiger partial charge on any atom is 0.115 e. The van der Waals surface area contributed by atoms with Crippen molar-refractivity contribution in [3.8, 4) is 5.75 Å². The van der Waals surface area contributed by atoms with Gasteiger partial charge in [-0.15, -0.1) is 0 Å². The fraction of sp³-hybridized carbons (Fsp3) is 0.333. The zero-order valence-corrected chi connectivity index (χ0v) is 14.8. The number of hydrogen-bond donors (Lipinski definition) is 2. The van der Waals surface area contributed by atoms with Crippen molar-refractivity contribution in [3.05, 3.63) is 65.2 Å². The summed E-state index contributed by atoms with van der Waals surface area (Å²) in [6.45, 7) is 3.43. The molecule has 2 aromatic rings. The summed E-state index contributed by atoms with van der Waals surface area (Å²) in [5.74, 6) is 6.56. The topological polar surface area (TPSA) is 74.2 Å². The van der Waals surface area contributed by atoms with Crippen LogP contribution in [0, 0.1) is 0 Å². The lowest BCUT2D eigenvalue weighted by molar-refractivity contribution is 0.239. The summed E-state index contributed by atoms with van der Waals surface area (Å²) >= 11 is 0. The van der Waals surface area contributed by atoms with Crippen LogP contribution in [0.4, 0.5) is 0 Å². The highest BCUT2D eigenvalue weighted by molar-refractivity contribution is 6.49. The molecule has 134 valence electrons. The molecule has 1 saturated heterocycles. The van der Waals surface area contributed by atoms with E-state index in [0.29, 0.717) is 18.2 Å². The van der Waals surface area contributed by atoms with E-state index in [1.165, 1.54) is 11.1 Å². The SMILES string of the molecule is NN=C(CN1CCC(c2cccc(O)c2)CC1)C1=NCc2ccccc21. The van der Waals surface area contributed by atoms with Gasteiger partial charge < -0.3 is 10.9 Å². The van der Waals surface area contributed by atoms with E-state index in [2.05, 4.69) is 33.2 Å². The zero-order valence-electron chi connectivity index (χ0n) is 14.8. The Bertz CT molecular complexity index is 851. The highest BCUT2D eigenvalue weighted by atomic mass is 16.3. The van der Waals surface area contributed by atoms with E-state index in [0.717, 1.165) is 49.5 Å². The molecule has 4 rings (SSSR count). The van der Waals surface area contributed by atoms with Crippen molar-refractivity contribution in [1.82, 2.24) is 4.90 Å². The summed E-state index contributed by atoms with van der Waals surface area (Å²) < 4.78 is 0. The second-order valence-electron chi connectivity index (χ2n) is 7.04. The van der Waals surface area contributed by atoms with Crippen LogP contribution in [0.3, 0.4) is 0 Å². The van der Waals surface area contributed by atoms with Gasteiger partial charge in [-0.1, -0.05) is 36.4 Å². The van der Waals surface area contributed by atoms with Gasteiger partial charge in [0.15, 0.2) is 0 Å². The molecule has 0 aliphatic carbocycles. The molecule has 3 N–H and O–H groups in total. The van der Waals surface area contributed by atoms with E-state index in [4.69, 9.17) is 5.84 Å². The second-order valence-corrected chi connectivity index (χ2v) is 7.04. The van der Waals surface area contributed by atoms with Crippen molar-refractivity contribution in [2.45, 2.75) is 25.3 Å². The van der Waals surface area contributed by atoms with Crippen molar-refractivity contribution >= 4 is 11.4 Å². The molecule has 0 saturated carbocycles. The smallest absolute Gasteiger partial charge is 0.115 e. The van der Waals surface area contributed by atoms with Crippen molar-refractivity contribution in [2.24, 2.45) is 15.9 Å². The first kappa shape index (κ1) is 16.8. The first-order valence-electron chi connectivity index (χ1n) is 9.15. The molecular weight excluding hydrogens is 324 g/mol. The Labute approximate surface area is 153 Å². The minimum Gasteiger partial charge on any atom is -0.508 e. The van der Waals surface area contributed by atoms with Crippen LogP contribution in [0.25, 0.3) is 0 Å². The number of nitrogens with two attached hydrogens (primary N) is 1. The molecule has 2 aliphatic heterocycles. The predicted molar refractivity (Wildman–Crippen MR) is 105 cm³/mol. The van der Waals surface area contributed by atoms with Crippen LogP contribution in [-0.4, -0.2) is 41.1 Å². The average Bonchev–Trinajstić information content (AvgIpc) is 3.11. The quantitative estimate of drug-likeness (QED) is 0.507. The van der Waals surface area contributed by atoms with Crippen molar-refractivity contribution in [1.29, 1.82) is 0 Å². The number of rotatable bonds is 4. The minimum absolute atomic E-state index is 0.348. The molecule has 5 heteroatoms. The molecule has 1 fully saturated rings. The lowest BCUT2D eigenvalue weighted by Crippen LogP contribution is -2.39. The number of hydrazone groups is 1. The molecule has 2 heterocycles. The highest BCUT2D eigenvalue weighted by Crippen LogP contribution is 2.30. The van der Waals surface area contributed by atoms with Gasteiger partial charge in [0.1, 0.15) is 5.75 Å². The average molecular weight is 348 g/mol. The Balaban J connectivity index is 1.40. The van der Waals surface area contributed by atoms with Crippen LogP contribution < -0.4 is 5.84 Å². The maximum atomic E-state index is 9.69. The van der Waals surface area contributed by atoms with E-state index < -0.39 is 0 Å². The summed E-state index contributed by atoms with van der Waals surface area (Å²) in [5.41, 5.74) is 5.44. The molecule has 0 bridgehead atoms. The number of phenols is 1. The summed E-state index contributed by atoms with van der Waals surface area (Å²) in [5, 5.41) is 13.8. The molecule has 0 spiro atoms. The Morgan fingerprint density at radius 3 is 2.73 bits per heavy atom. The zero-order chi connectivity index (χ0) is 17.9. The van der Waals surface area contributed by atoms with Crippen LogP contribution >= 0.6 is 0 Å². The minimum atomic E-state index is 0.348. The molecule has 2 aromatic carbocycles. The van der Waals surface area contributed by atoms with E-state index in [1.54, 1.807) is 6.07 Å². The molecule has 0 atom stereocenters. The second kappa shape index (κ2) is 7.30. The standard InChI is InChI=1S/C21H24N4O/c22-24-20(21-19-7-2-1-4-17(19)13-23-21)14-25-10-8-15(9-11-25)16-5-3-6-18(26)12-16/h1-7,12,15,26H,8-11,13-14,22H2. The van der Waals surface area contributed by atoms with Gasteiger partial charge in [-0.3, -0.25) is 9.89 Å². The third kappa shape index (κ3) is 3.35. The number of aromatic hydroxyl groups is 1. The van der Waals surface area contributed by atoms with Gasteiger partial charge in [-0.05, 0) is 55.1 Å². The normalized spacial score (nSPS) is 18.6. The fourth-order valence-corrected chi connectivity index (χ4v) is 3.98. The van der Waals surface area contributed by atoms with Crippen molar-refractivity contribution in [3.63, 3.8) is 0 Å². The first-order chi connectivity index (χ1) is 12.7. The molecule has 2 aliphatic rings. The number of hydrogen-bond acceptors (Lipinski definition) is 5. The van der Waals surface area contributed by atoms with Crippen LogP contribution in [0.2, 0.25) is 0 Å². The number of likely N-dealkylation sites (tertiary alicyclic amines) is 1. The predicted octanol–water partition coefficient (Wildman–Crippen LogP) is 2.89. The third-order valence-electron chi connectivity index (χ3n) is 5.41. The monoisotopic (exact) mass is 348 g/mol. The highest BCUT2D eigenvalue weighted by Gasteiger charge is 2.25. The van der Waals surface area contributed by atoms with Crippen LogP contribution in [0.1, 0.15) is 35.4 Å². The van der Waals surface area contributed by atoms with E-state index in [1.807, 2.05) is 24.3 Å². The van der Waals surface area contributed by atoms with E-state index >= 15 is 0 Å². The fourth-order valence-electron chi connectivity index (χ4n) is 3.98. The van der Waals surface area contributed by atoms with Gasteiger partial charge in [0.25, 0.3) is 0 Å². The van der Waals surface area contributed by atoms with Gasteiger partial charge in [-0.2, -0.15) is 5.10 Å². The molecule has 0 unspecified atom stereocenters. The van der Waals surface area contributed by atoms with E-state index in [-0.39, 0.29) is 0 Å². The van der Waals surface area contributed by atoms with Gasteiger partial charge in [0, 0.05) is 12.1 Å². The van der Waals surface area contributed by atoms with Crippen LogP contribution in [0.5, 0.6) is 5.75 Å². The van der Waals surface area contributed by atoms with E-state index in [9.17, 15) is 5.11 Å². The Hall–Kier alpha value is -2.66. The maximum absolute atomic E-state index is 9.69. The van der Waals surface area contributed by atoms with Gasteiger partial charge in [0.05, 0.1) is 18.0 Å². The summed E-state index contributed by atoms with van der Waals surface area (Å²) in [4.78, 5) is 7.06. The number of fused-ring (bicyclic) bond motifs is 1. The molecule has 0 amide bonds. The number of phenolic OH excluding ortho intramolecular Hbond substituents is 1. The Kier molecular flexibility index (Phi) is 4.71. The molecular formula is C21H24N4O. The number of nitrogens with zero attached hydrogens (tertiary/aromatic N) is 3. The first-order valence-corrected chi connectivity index (χ1v) is 9.15. The van der Waals surface area contributed by atoms with Crippen LogP contribution in [-0.2, 0) is 6.54 Å². The van der Waals surface area contributed by atoms with Crippen molar-refractivity contribution in [2.75, 3.05) is 19.6 Å². The summed E-state index contributed by atoms with van der Waals surface area (Å²) in [7, 11) is 0. The molecule has 26 heavy (non-hydrogen) atoms. The number of benzene rings is 2. The third-order valence-corrected chi connectivity index (χ3v) is 5.41. The molecule has 0 radical (unpaired) electrons. The summed E-state index contributed by atoms with van der Waals surface area (Å²) in [6.07, 6.45) is 2.15. The Morgan fingerprint density at radius 1 is 1.15 bits per heavy atom. The lowest BCUT2D eigenvalue weighted by Gasteiger charge is -2.32. The molecule has 5 nitrogen and oxygen atoms in total. The Morgan fingerprint density at radius 2 is 1.96 bits per heavy atom. The molecule has 0 aromatic heterocycles. The lowest BCUT2D eigenvalue weighted by atomic mass is 9.89. The largest absolute Gasteiger partial charge is 0.508 e. The summed E-state index contributed by atoms with van der Waals surface area (Å²) in [6, 6.07) is 15.9. The number of piperidine rings is 1. The number of aliphatic imine (C=N–C) groups is 1. The van der Waals surface area contributed by atoms with Crippen molar-refractivity contribution < 1.29 is 5.11 Å². The van der Waals surface area contributed by atoms with Gasteiger partial charge in [0.2, 0.25) is 0 Å². The van der Waals surface area contributed by atoms with Crippen LogP contribution in [0.15, 0.2) is 58.6 Å². The van der Waals surface area contributed by atoms with Gasteiger partial charge >= 0.3 is 0 Å². The van der Waals surface area contributed by atoms with Gasteiger partial charge in [-0.25, -0.2) is 0 Å².